The van der Waals surface area contributed by atoms with Gasteiger partial charge in [-0.25, -0.2) is 0 Å². The van der Waals surface area contributed by atoms with E-state index >= 15 is 0 Å². The fourth-order valence-electron chi connectivity index (χ4n) is 1.38. The van der Waals surface area contributed by atoms with Gasteiger partial charge in [0, 0.05) is 19.5 Å². The topological polar surface area (TPSA) is 69.6 Å². The molecule has 94 valence electrons. The minimum Gasteiger partial charge on any atom is -0.481 e. The molecular formula is C11H22N2O3. The van der Waals surface area contributed by atoms with Crippen LogP contribution in [0.25, 0.3) is 0 Å². The molecule has 5 nitrogen and oxygen atoms in total. The van der Waals surface area contributed by atoms with Crippen molar-refractivity contribution in [1.29, 1.82) is 0 Å². The Kier molecular flexibility index (Phi) is 6.72. The Morgan fingerprint density at radius 2 is 1.88 bits per heavy atom. The van der Waals surface area contributed by atoms with Crippen molar-refractivity contribution in [3.63, 3.8) is 0 Å². The van der Waals surface area contributed by atoms with Crippen molar-refractivity contribution in [3.8, 4) is 0 Å². The number of carboxylic acids is 1. The monoisotopic (exact) mass is 230 g/mol. The molecule has 0 saturated heterocycles. The van der Waals surface area contributed by atoms with Crippen LogP contribution in [-0.2, 0) is 9.59 Å². The predicted molar refractivity (Wildman–Crippen MR) is 62.1 cm³/mol. The summed E-state index contributed by atoms with van der Waals surface area (Å²) in [5.74, 6) is -2.15. The van der Waals surface area contributed by atoms with Crippen molar-refractivity contribution in [2.75, 3.05) is 27.2 Å². The first-order valence-electron chi connectivity index (χ1n) is 5.54. The number of carbonyl (C=O) groups is 2. The van der Waals surface area contributed by atoms with E-state index in [2.05, 4.69) is 5.32 Å². The van der Waals surface area contributed by atoms with Gasteiger partial charge in [-0.2, -0.15) is 0 Å². The molecule has 0 aliphatic carbocycles. The standard InChI is InChI=1S/C11H22N2O3/c1-8(9(2)11(15)16)10(14)13(4)7-5-6-12-3/h8-9,12H,5-7H2,1-4H3,(H,15,16). The lowest BCUT2D eigenvalue weighted by atomic mass is 9.95. The second-order valence-electron chi connectivity index (χ2n) is 4.13. The number of hydrogen-bond acceptors (Lipinski definition) is 3. The van der Waals surface area contributed by atoms with E-state index in [-0.39, 0.29) is 5.91 Å². The molecule has 0 aromatic carbocycles. The van der Waals surface area contributed by atoms with Crippen LogP contribution in [0.4, 0.5) is 0 Å². The van der Waals surface area contributed by atoms with E-state index in [1.165, 1.54) is 0 Å². The first-order valence-corrected chi connectivity index (χ1v) is 5.54. The highest BCUT2D eigenvalue weighted by molar-refractivity contribution is 5.84. The van der Waals surface area contributed by atoms with Crippen molar-refractivity contribution in [3.05, 3.63) is 0 Å². The third-order valence-electron chi connectivity index (χ3n) is 2.83. The highest BCUT2D eigenvalue weighted by Crippen LogP contribution is 2.13. The summed E-state index contributed by atoms with van der Waals surface area (Å²) in [4.78, 5) is 24.2. The second kappa shape index (κ2) is 7.22. The summed E-state index contributed by atoms with van der Waals surface area (Å²) in [6.45, 7) is 4.72. The fraction of sp³-hybridized carbons (Fsp3) is 0.818. The van der Waals surface area contributed by atoms with Crippen molar-refractivity contribution in [2.45, 2.75) is 20.3 Å². The van der Waals surface area contributed by atoms with Crippen molar-refractivity contribution in [2.24, 2.45) is 11.8 Å². The van der Waals surface area contributed by atoms with Crippen LogP contribution in [0, 0.1) is 11.8 Å². The van der Waals surface area contributed by atoms with E-state index in [9.17, 15) is 9.59 Å². The number of rotatable bonds is 7. The quantitative estimate of drug-likeness (QED) is 0.622. The van der Waals surface area contributed by atoms with Gasteiger partial charge >= 0.3 is 5.97 Å². The molecule has 2 atom stereocenters. The predicted octanol–water partition coefficient (Wildman–Crippen LogP) is 0.411. The maximum Gasteiger partial charge on any atom is 0.307 e. The zero-order valence-electron chi connectivity index (χ0n) is 10.5. The summed E-state index contributed by atoms with van der Waals surface area (Å²) < 4.78 is 0. The van der Waals surface area contributed by atoms with Crippen LogP contribution in [0.2, 0.25) is 0 Å². The maximum atomic E-state index is 11.8. The van der Waals surface area contributed by atoms with Crippen molar-refractivity contribution in [1.82, 2.24) is 10.2 Å². The Bertz CT molecular complexity index is 243. The van der Waals surface area contributed by atoms with Crippen LogP contribution in [0.1, 0.15) is 20.3 Å². The number of nitrogens with one attached hydrogen (secondary N) is 1. The fourth-order valence-corrected chi connectivity index (χ4v) is 1.38. The Hall–Kier alpha value is -1.10. The summed E-state index contributed by atoms with van der Waals surface area (Å²) in [5.41, 5.74) is 0. The molecule has 0 saturated carbocycles. The average molecular weight is 230 g/mol. The molecule has 0 heterocycles. The highest BCUT2D eigenvalue weighted by Gasteiger charge is 2.27. The molecule has 2 N–H and O–H groups in total. The van der Waals surface area contributed by atoms with E-state index in [4.69, 9.17) is 5.11 Å². The summed E-state index contributed by atoms with van der Waals surface area (Å²) in [6, 6.07) is 0. The van der Waals surface area contributed by atoms with Crippen LogP contribution in [0.15, 0.2) is 0 Å². The summed E-state index contributed by atoms with van der Waals surface area (Å²) in [7, 11) is 3.57. The lowest BCUT2D eigenvalue weighted by Crippen LogP contribution is -2.37. The molecule has 0 aromatic heterocycles. The lowest BCUT2D eigenvalue weighted by Gasteiger charge is -2.23. The van der Waals surface area contributed by atoms with Gasteiger partial charge in [0.25, 0.3) is 0 Å². The van der Waals surface area contributed by atoms with Gasteiger partial charge in [0.05, 0.1) is 5.92 Å². The number of carboxylic acid groups (broad SMARTS) is 1. The molecule has 0 aromatic rings. The van der Waals surface area contributed by atoms with E-state index in [1.807, 2.05) is 7.05 Å². The number of nitrogens with zero attached hydrogens (tertiary/aromatic N) is 1. The summed E-state index contributed by atoms with van der Waals surface area (Å²) in [5, 5.41) is 11.8. The van der Waals surface area contributed by atoms with Gasteiger partial charge in [0.2, 0.25) is 5.91 Å². The second-order valence-corrected chi connectivity index (χ2v) is 4.13. The Labute approximate surface area is 96.8 Å². The molecule has 16 heavy (non-hydrogen) atoms. The average Bonchev–Trinajstić information content (AvgIpc) is 2.26. The Morgan fingerprint density at radius 1 is 1.31 bits per heavy atom. The zero-order chi connectivity index (χ0) is 12.7. The van der Waals surface area contributed by atoms with Crippen LogP contribution < -0.4 is 5.32 Å². The third-order valence-corrected chi connectivity index (χ3v) is 2.83. The summed E-state index contributed by atoms with van der Waals surface area (Å²) in [6.07, 6.45) is 0.868. The molecule has 2 unspecified atom stereocenters. The molecule has 0 spiro atoms. The van der Waals surface area contributed by atoms with Crippen LogP contribution >= 0.6 is 0 Å². The first-order chi connectivity index (χ1) is 7.41. The smallest absolute Gasteiger partial charge is 0.307 e. The van der Waals surface area contributed by atoms with Crippen LogP contribution in [-0.4, -0.2) is 49.1 Å². The van der Waals surface area contributed by atoms with Crippen LogP contribution in [0.3, 0.4) is 0 Å². The van der Waals surface area contributed by atoms with E-state index in [1.54, 1.807) is 25.8 Å². The van der Waals surface area contributed by atoms with Gasteiger partial charge < -0.3 is 15.3 Å². The molecule has 0 bridgehead atoms. The van der Waals surface area contributed by atoms with Gasteiger partial charge in [-0.3, -0.25) is 9.59 Å². The molecule has 1 amide bonds. The third kappa shape index (κ3) is 4.61. The van der Waals surface area contributed by atoms with Crippen molar-refractivity contribution < 1.29 is 14.7 Å². The Balaban J connectivity index is 4.16. The maximum absolute atomic E-state index is 11.8. The SMILES string of the molecule is CNCCCN(C)C(=O)C(C)C(C)C(=O)O. The summed E-state index contributed by atoms with van der Waals surface area (Å²) >= 11 is 0. The van der Waals surface area contributed by atoms with Gasteiger partial charge in [-0.05, 0) is 20.0 Å². The number of carbonyl (C=O) groups excluding carboxylic acids is 1. The molecule has 0 fully saturated rings. The normalized spacial score (nSPS) is 14.2. The first kappa shape index (κ1) is 14.9. The molecule has 0 radical (unpaired) electrons. The molecule has 0 aliphatic heterocycles. The molecular weight excluding hydrogens is 208 g/mol. The number of hydrogen-bond donors (Lipinski definition) is 2. The minimum absolute atomic E-state index is 0.106. The van der Waals surface area contributed by atoms with Gasteiger partial charge in [-0.15, -0.1) is 0 Å². The minimum atomic E-state index is -0.926. The number of amides is 1. The zero-order valence-corrected chi connectivity index (χ0v) is 10.5. The Morgan fingerprint density at radius 3 is 2.31 bits per heavy atom. The van der Waals surface area contributed by atoms with E-state index in [0.29, 0.717) is 6.54 Å². The molecule has 0 rings (SSSR count). The van der Waals surface area contributed by atoms with E-state index in [0.717, 1.165) is 13.0 Å². The largest absolute Gasteiger partial charge is 0.481 e. The van der Waals surface area contributed by atoms with Gasteiger partial charge in [0.1, 0.15) is 0 Å². The van der Waals surface area contributed by atoms with Crippen molar-refractivity contribution >= 4 is 11.9 Å². The van der Waals surface area contributed by atoms with Crippen LogP contribution in [0.5, 0.6) is 0 Å². The number of aliphatic carboxylic acids is 1. The van der Waals surface area contributed by atoms with E-state index < -0.39 is 17.8 Å². The molecule has 0 aliphatic rings. The highest BCUT2D eigenvalue weighted by atomic mass is 16.4. The molecule has 5 heteroatoms. The van der Waals surface area contributed by atoms with Gasteiger partial charge in [-0.1, -0.05) is 13.8 Å². The lowest BCUT2D eigenvalue weighted by molar-refractivity contribution is -0.148. The van der Waals surface area contributed by atoms with Gasteiger partial charge in [0.15, 0.2) is 0 Å².